The molecule has 1 amide bonds. The third-order valence-electron chi connectivity index (χ3n) is 5.05. The summed E-state index contributed by atoms with van der Waals surface area (Å²) in [6.07, 6.45) is 3.52. The fraction of sp³-hybridized carbons (Fsp3) is 0.0417. The van der Waals surface area contributed by atoms with Crippen LogP contribution in [0.5, 0.6) is 0 Å². The minimum atomic E-state index is -4.65. The largest absolute Gasteiger partial charge is 0.478 e. The van der Waals surface area contributed by atoms with Gasteiger partial charge in [-0.25, -0.2) is 9.79 Å². The van der Waals surface area contributed by atoms with Crippen LogP contribution in [0.1, 0.15) is 21.5 Å². The maximum absolute atomic E-state index is 13.5. The Labute approximate surface area is 200 Å². The highest BCUT2D eigenvalue weighted by Crippen LogP contribution is 2.32. The molecule has 4 rings (SSSR count). The second-order valence-electron chi connectivity index (χ2n) is 7.20. The summed E-state index contributed by atoms with van der Waals surface area (Å²) in [6, 6.07) is 19.0. The molecule has 34 heavy (non-hydrogen) atoms. The highest BCUT2D eigenvalue weighted by molar-refractivity contribution is 7.98. The lowest BCUT2D eigenvalue weighted by Crippen LogP contribution is -2.34. The molecular weight excluding hydrogens is 476 g/mol. The minimum absolute atomic E-state index is 0.0457. The molecule has 172 valence electrons. The fourth-order valence-corrected chi connectivity index (χ4v) is 4.33. The number of anilines is 1. The van der Waals surface area contributed by atoms with E-state index in [1.54, 1.807) is 48.2 Å². The van der Waals surface area contributed by atoms with Gasteiger partial charge in [0.25, 0.3) is 16.0 Å². The average molecular weight is 495 g/mol. The van der Waals surface area contributed by atoms with E-state index in [9.17, 15) is 27.7 Å². The third-order valence-corrected chi connectivity index (χ3v) is 6.64. The standard InChI is InChI=1S/C24H18N2O6S2/c1-33-17-9-7-15(8-10-17)13-20-23(27)26(22(25-20)16-5-3-2-4-6-16)21-14-18(34(30,31)32)11-12-19(21)24(28)29/h2-14H,1H3,(H,28,29)(H,30,31,32). The molecule has 0 saturated carbocycles. The van der Waals surface area contributed by atoms with Gasteiger partial charge in [-0.1, -0.05) is 42.5 Å². The van der Waals surface area contributed by atoms with E-state index in [4.69, 9.17) is 0 Å². The van der Waals surface area contributed by atoms with E-state index in [0.29, 0.717) is 11.1 Å². The SMILES string of the molecule is CSc1ccc(C=C2N=C(c3ccccc3)N(c3cc(S(=O)(=O)O)ccc3C(=O)O)C2=O)cc1. The maximum Gasteiger partial charge on any atom is 0.337 e. The van der Waals surface area contributed by atoms with Crippen LogP contribution in [0.25, 0.3) is 6.08 Å². The van der Waals surface area contributed by atoms with Crippen molar-refractivity contribution in [2.24, 2.45) is 4.99 Å². The summed E-state index contributed by atoms with van der Waals surface area (Å²) in [4.78, 5) is 31.4. The molecule has 0 bridgehead atoms. The van der Waals surface area contributed by atoms with E-state index < -0.39 is 26.9 Å². The van der Waals surface area contributed by atoms with Crippen molar-refractivity contribution in [2.75, 3.05) is 11.2 Å². The molecule has 3 aromatic carbocycles. The zero-order valence-electron chi connectivity index (χ0n) is 17.7. The number of amidine groups is 1. The van der Waals surface area contributed by atoms with Gasteiger partial charge in [0.05, 0.1) is 16.1 Å². The maximum atomic E-state index is 13.5. The van der Waals surface area contributed by atoms with E-state index in [0.717, 1.165) is 28.0 Å². The van der Waals surface area contributed by atoms with Crippen molar-refractivity contribution >= 4 is 51.4 Å². The quantitative estimate of drug-likeness (QED) is 0.299. The van der Waals surface area contributed by atoms with E-state index >= 15 is 0 Å². The van der Waals surface area contributed by atoms with Crippen LogP contribution in [0.15, 0.2) is 93.3 Å². The smallest absolute Gasteiger partial charge is 0.337 e. The number of carboxylic acid groups (broad SMARTS) is 1. The first-order chi connectivity index (χ1) is 16.2. The predicted octanol–water partition coefficient (Wildman–Crippen LogP) is 4.19. The molecule has 1 aliphatic heterocycles. The summed E-state index contributed by atoms with van der Waals surface area (Å²) in [7, 11) is -4.65. The van der Waals surface area contributed by atoms with Crippen LogP contribution in [0.3, 0.4) is 0 Å². The lowest BCUT2D eigenvalue weighted by atomic mass is 10.1. The monoisotopic (exact) mass is 494 g/mol. The van der Waals surface area contributed by atoms with Gasteiger partial charge in [-0.3, -0.25) is 14.2 Å². The molecule has 1 aliphatic rings. The molecule has 0 saturated heterocycles. The van der Waals surface area contributed by atoms with Gasteiger partial charge in [0, 0.05) is 10.5 Å². The Morgan fingerprint density at radius 3 is 2.29 bits per heavy atom. The zero-order valence-corrected chi connectivity index (χ0v) is 19.4. The van der Waals surface area contributed by atoms with Crippen molar-refractivity contribution in [2.45, 2.75) is 9.79 Å². The van der Waals surface area contributed by atoms with E-state index in [1.165, 1.54) is 0 Å². The second kappa shape index (κ2) is 9.26. The van der Waals surface area contributed by atoms with E-state index in [2.05, 4.69) is 4.99 Å². The molecule has 1 heterocycles. The molecule has 0 atom stereocenters. The van der Waals surface area contributed by atoms with Crippen molar-refractivity contribution in [1.82, 2.24) is 0 Å². The van der Waals surface area contributed by atoms with Gasteiger partial charge >= 0.3 is 5.97 Å². The first-order valence-corrected chi connectivity index (χ1v) is 12.5. The van der Waals surface area contributed by atoms with Gasteiger partial charge in [-0.2, -0.15) is 8.42 Å². The minimum Gasteiger partial charge on any atom is -0.478 e. The first kappa shape index (κ1) is 23.4. The van der Waals surface area contributed by atoms with Gasteiger partial charge < -0.3 is 5.11 Å². The Morgan fingerprint density at radius 1 is 1.03 bits per heavy atom. The molecule has 0 fully saturated rings. The molecule has 0 unspecified atom stereocenters. The molecule has 0 radical (unpaired) electrons. The summed E-state index contributed by atoms with van der Waals surface area (Å²) in [5.41, 5.74) is 0.727. The Bertz CT molecular complexity index is 1450. The number of carboxylic acids is 1. The number of benzene rings is 3. The van der Waals surface area contributed by atoms with Crippen molar-refractivity contribution in [1.29, 1.82) is 0 Å². The number of thioether (sulfide) groups is 1. The Morgan fingerprint density at radius 2 is 1.71 bits per heavy atom. The summed E-state index contributed by atoms with van der Waals surface area (Å²) >= 11 is 1.58. The van der Waals surface area contributed by atoms with Crippen LogP contribution >= 0.6 is 11.8 Å². The van der Waals surface area contributed by atoms with Crippen molar-refractivity contribution in [3.05, 3.63) is 95.2 Å². The zero-order chi connectivity index (χ0) is 24.5. The molecule has 0 aromatic heterocycles. The molecule has 0 spiro atoms. The molecule has 10 heteroatoms. The van der Waals surface area contributed by atoms with Crippen molar-refractivity contribution < 1.29 is 27.7 Å². The van der Waals surface area contributed by atoms with Crippen molar-refractivity contribution in [3.8, 4) is 0 Å². The fourth-order valence-electron chi connectivity index (χ4n) is 3.42. The summed E-state index contributed by atoms with van der Waals surface area (Å²) < 4.78 is 33.0. The molecular formula is C24H18N2O6S2. The Hall–Kier alpha value is -3.73. The number of amides is 1. The van der Waals surface area contributed by atoms with Gasteiger partial charge in [0.2, 0.25) is 0 Å². The van der Waals surface area contributed by atoms with Crippen LogP contribution in [-0.4, -0.2) is 42.0 Å². The number of carbonyl (C=O) groups excluding carboxylic acids is 1. The number of rotatable bonds is 6. The summed E-state index contributed by atoms with van der Waals surface area (Å²) in [5.74, 6) is -1.88. The van der Waals surface area contributed by atoms with Crippen molar-refractivity contribution in [3.63, 3.8) is 0 Å². The lowest BCUT2D eigenvalue weighted by molar-refractivity contribution is -0.113. The Kier molecular flexibility index (Phi) is 6.38. The molecule has 3 aromatic rings. The normalized spacial score (nSPS) is 15.0. The summed E-state index contributed by atoms with van der Waals surface area (Å²) in [5, 5.41) is 9.71. The number of hydrogen-bond donors (Lipinski definition) is 2. The molecule has 8 nitrogen and oxygen atoms in total. The van der Waals surface area contributed by atoms with Gasteiger partial charge in [0.1, 0.15) is 11.5 Å². The molecule has 2 N–H and O–H groups in total. The van der Waals surface area contributed by atoms with Crippen LogP contribution in [0, 0.1) is 0 Å². The van der Waals surface area contributed by atoms with E-state index in [-0.39, 0.29) is 22.8 Å². The lowest BCUT2D eigenvalue weighted by Gasteiger charge is -2.21. The van der Waals surface area contributed by atoms with Gasteiger partial charge in [-0.05, 0) is 48.2 Å². The Balaban J connectivity index is 1.91. The highest BCUT2D eigenvalue weighted by Gasteiger charge is 2.35. The summed E-state index contributed by atoms with van der Waals surface area (Å²) in [6.45, 7) is 0. The van der Waals surface area contributed by atoms with Crippen LogP contribution < -0.4 is 4.90 Å². The number of aliphatic imine (C=N–C) groups is 1. The highest BCUT2D eigenvalue weighted by atomic mass is 32.2. The molecule has 0 aliphatic carbocycles. The second-order valence-corrected chi connectivity index (χ2v) is 9.51. The van der Waals surface area contributed by atoms with E-state index in [1.807, 2.05) is 30.5 Å². The van der Waals surface area contributed by atoms with Crippen LogP contribution in [0.2, 0.25) is 0 Å². The number of hydrogen-bond acceptors (Lipinski definition) is 6. The number of carbonyl (C=O) groups is 2. The number of aromatic carboxylic acids is 1. The van der Waals surface area contributed by atoms with Crippen LogP contribution in [-0.2, 0) is 14.9 Å². The van der Waals surface area contributed by atoms with Gasteiger partial charge in [-0.15, -0.1) is 11.8 Å². The third kappa shape index (κ3) is 4.65. The van der Waals surface area contributed by atoms with Crippen LogP contribution in [0.4, 0.5) is 5.69 Å². The van der Waals surface area contributed by atoms with Gasteiger partial charge in [0.15, 0.2) is 0 Å². The topological polar surface area (TPSA) is 124 Å². The number of nitrogens with zero attached hydrogens (tertiary/aromatic N) is 2. The first-order valence-electron chi connectivity index (χ1n) is 9.88. The predicted molar refractivity (Wildman–Crippen MR) is 130 cm³/mol. The average Bonchev–Trinajstić information content (AvgIpc) is 3.14.